The van der Waals surface area contributed by atoms with Crippen molar-refractivity contribution in [3.8, 4) is 0 Å². The number of nitrogens with one attached hydrogen (secondary N) is 2. The topological polar surface area (TPSA) is 114 Å². The number of thiophene rings is 1. The van der Waals surface area contributed by atoms with Gasteiger partial charge in [-0.25, -0.2) is 22.9 Å². The maximum absolute atomic E-state index is 15.3. The van der Waals surface area contributed by atoms with Crippen LogP contribution in [0.3, 0.4) is 0 Å². The second kappa shape index (κ2) is 8.18. The van der Waals surface area contributed by atoms with Crippen molar-refractivity contribution in [3.05, 3.63) is 52.3 Å². The van der Waals surface area contributed by atoms with E-state index in [0.717, 1.165) is 23.6 Å². The summed E-state index contributed by atoms with van der Waals surface area (Å²) in [5.74, 6) is -1.15. The summed E-state index contributed by atoms with van der Waals surface area (Å²) in [5.41, 5.74) is -3.73. The number of anilines is 3. The minimum atomic E-state index is -4.59. The predicted molar refractivity (Wildman–Crippen MR) is 110 cm³/mol. The third-order valence-corrected chi connectivity index (χ3v) is 7.20. The summed E-state index contributed by atoms with van der Waals surface area (Å²) >= 11 is 1.48. The number of thiazole rings is 1. The molecule has 1 atom stereocenters. The van der Waals surface area contributed by atoms with Crippen LogP contribution >= 0.6 is 22.7 Å². The Labute approximate surface area is 182 Å². The highest BCUT2D eigenvalue weighted by molar-refractivity contribution is 7.91. The van der Waals surface area contributed by atoms with Crippen molar-refractivity contribution in [1.29, 1.82) is 0 Å². The molecule has 1 amide bonds. The molecule has 31 heavy (non-hydrogen) atoms. The first-order valence-electron chi connectivity index (χ1n) is 8.29. The molecule has 0 aliphatic heterocycles. The van der Waals surface area contributed by atoms with Gasteiger partial charge in [-0.1, -0.05) is 12.1 Å². The van der Waals surface area contributed by atoms with Crippen LogP contribution in [0, 0.1) is 0 Å². The van der Waals surface area contributed by atoms with Crippen LogP contribution in [-0.4, -0.2) is 19.3 Å². The highest BCUT2D eigenvalue weighted by Gasteiger charge is 2.37. The van der Waals surface area contributed by atoms with Crippen LogP contribution in [0.15, 0.2) is 45.3 Å². The molecule has 14 heteroatoms. The average Bonchev–Trinajstić information content (AvgIpc) is 3.31. The first-order valence-corrected chi connectivity index (χ1v) is 11.6. The molecule has 2 aromatic heterocycles. The van der Waals surface area contributed by atoms with Gasteiger partial charge in [0.1, 0.15) is 0 Å². The Bertz CT molecular complexity index is 1220. The standard InChI is InChI=1S/C17H14F4N4O3S3/c1-16(18,14(26)24-11-5-6-29-13(11)31(22,27)28)9-3-2-4-10(7-9)23-15-25-12(8-30-15)17(19,20)21/h2-8H,1H3,(H,23,25)(H,24,26)(H2,22,27,28). The maximum Gasteiger partial charge on any atom is 0.434 e. The van der Waals surface area contributed by atoms with Gasteiger partial charge in [0.05, 0.1) is 5.69 Å². The minimum absolute atomic E-state index is 0.0643. The molecule has 7 nitrogen and oxygen atoms in total. The van der Waals surface area contributed by atoms with E-state index in [2.05, 4.69) is 15.6 Å². The molecule has 0 spiro atoms. The van der Waals surface area contributed by atoms with Gasteiger partial charge in [-0.05, 0) is 30.5 Å². The number of hydrogen-bond acceptors (Lipinski definition) is 7. The molecular weight excluding hydrogens is 480 g/mol. The number of primary sulfonamides is 1. The van der Waals surface area contributed by atoms with Gasteiger partial charge in [0.15, 0.2) is 15.0 Å². The summed E-state index contributed by atoms with van der Waals surface area (Å²) in [6.07, 6.45) is -4.59. The van der Waals surface area contributed by atoms with Crippen LogP contribution in [0.2, 0.25) is 0 Å². The van der Waals surface area contributed by atoms with Gasteiger partial charge in [-0.3, -0.25) is 4.79 Å². The van der Waals surface area contributed by atoms with Crippen LogP contribution in [0.4, 0.5) is 34.1 Å². The monoisotopic (exact) mass is 494 g/mol. The van der Waals surface area contributed by atoms with Crippen LogP contribution in [0.5, 0.6) is 0 Å². The van der Waals surface area contributed by atoms with E-state index in [0.29, 0.717) is 11.3 Å². The van der Waals surface area contributed by atoms with E-state index in [1.165, 1.54) is 35.7 Å². The SMILES string of the molecule is CC(F)(C(=O)Nc1ccsc1S(N)(=O)=O)c1cccc(Nc2nc(C(F)(F)F)cs2)c1. The van der Waals surface area contributed by atoms with Gasteiger partial charge in [-0.2, -0.15) is 13.2 Å². The Balaban J connectivity index is 1.81. The minimum Gasteiger partial charge on any atom is -0.332 e. The number of hydrogen-bond donors (Lipinski definition) is 3. The normalized spacial score (nSPS) is 14.1. The number of halogens is 4. The van der Waals surface area contributed by atoms with Gasteiger partial charge >= 0.3 is 6.18 Å². The lowest BCUT2D eigenvalue weighted by Gasteiger charge is -2.21. The fraction of sp³-hybridized carbons (Fsp3) is 0.176. The lowest BCUT2D eigenvalue weighted by molar-refractivity contribution is -0.140. The second-order valence-electron chi connectivity index (χ2n) is 6.37. The molecule has 4 N–H and O–H groups in total. The Morgan fingerprint density at radius 2 is 1.87 bits per heavy atom. The fourth-order valence-electron chi connectivity index (χ4n) is 2.45. The van der Waals surface area contributed by atoms with Crippen LogP contribution in [0.25, 0.3) is 0 Å². The quantitative estimate of drug-likeness (QED) is 0.439. The zero-order valence-corrected chi connectivity index (χ0v) is 18.0. The third kappa shape index (κ3) is 5.20. The van der Waals surface area contributed by atoms with Crippen LogP contribution < -0.4 is 15.8 Å². The van der Waals surface area contributed by atoms with Gasteiger partial charge in [-0.15, -0.1) is 22.7 Å². The van der Waals surface area contributed by atoms with E-state index in [1.54, 1.807) is 0 Å². The zero-order chi connectivity index (χ0) is 23.0. The second-order valence-corrected chi connectivity index (χ2v) is 9.90. The van der Waals surface area contributed by atoms with Crippen molar-refractivity contribution >= 4 is 55.1 Å². The van der Waals surface area contributed by atoms with E-state index in [9.17, 15) is 26.4 Å². The van der Waals surface area contributed by atoms with Crippen molar-refractivity contribution in [2.75, 3.05) is 10.6 Å². The molecule has 166 valence electrons. The van der Waals surface area contributed by atoms with Gasteiger partial charge in [0, 0.05) is 16.6 Å². The fourth-order valence-corrected chi connectivity index (χ4v) is 4.89. The number of nitrogens with zero attached hydrogens (tertiary/aromatic N) is 1. The number of carbonyl (C=O) groups is 1. The largest absolute Gasteiger partial charge is 0.434 e. The first-order chi connectivity index (χ1) is 14.3. The Kier molecular flexibility index (Phi) is 6.10. The van der Waals surface area contributed by atoms with E-state index < -0.39 is 33.5 Å². The average molecular weight is 495 g/mol. The van der Waals surface area contributed by atoms with E-state index in [-0.39, 0.29) is 26.3 Å². The molecule has 0 aliphatic rings. The van der Waals surface area contributed by atoms with Crippen LogP contribution in [-0.2, 0) is 26.7 Å². The summed E-state index contributed by atoms with van der Waals surface area (Å²) in [6, 6.07) is 6.69. The molecule has 1 unspecified atom stereocenters. The van der Waals surface area contributed by atoms with Gasteiger partial charge < -0.3 is 10.6 Å². The molecule has 1 aromatic carbocycles. The summed E-state index contributed by atoms with van der Waals surface area (Å²) in [4.78, 5) is 16.0. The molecule has 3 aromatic rings. The zero-order valence-electron chi connectivity index (χ0n) is 15.5. The molecule has 0 radical (unpaired) electrons. The molecular formula is C17H14F4N4O3S3. The predicted octanol–water partition coefficient (Wildman–Crippen LogP) is 4.44. The Morgan fingerprint density at radius 3 is 2.48 bits per heavy atom. The summed E-state index contributed by atoms with van der Waals surface area (Å²) in [5, 5.41) is 12.1. The lowest BCUT2D eigenvalue weighted by atomic mass is 9.96. The summed E-state index contributed by atoms with van der Waals surface area (Å²) < 4.78 is 76.2. The number of alkyl halides is 4. The molecule has 3 rings (SSSR count). The number of amides is 1. The van der Waals surface area contributed by atoms with Crippen molar-refractivity contribution in [2.24, 2.45) is 5.14 Å². The highest BCUT2D eigenvalue weighted by Crippen LogP contribution is 2.35. The Hall–Kier alpha value is -2.55. The molecule has 0 saturated carbocycles. The number of nitrogens with two attached hydrogens (primary N) is 1. The van der Waals surface area contributed by atoms with Crippen molar-refractivity contribution in [3.63, 3.8) is 0 Å². The third-order valence-electron chi connectivity index (χ3n) is 4.01. The van der Waals surface area contributed by atoms with Crippen molar-refractivity contribution in [2.45, 2.75) is 23.0 Å². The smallest absolute Gasteiger partial charge is 0.332 e. The number of rotatable bonds is 6. The van der Waals surface area contributed by atoms with Crippen LogP contribution in [0.1, 0.15) is 18.2 Å². The molecule has 0 bridgehead atoms. The van der Waals surface area contributed by atoms with E-state index in [1.807, 2.05) is 0 Å². The number of carbonyl (C=O) groups excluding carboxylic acids is 1. The number of sulfonamides is 1. The maximum atomic E-state index is 15.3. The van der Waals surface area contributed by atoms with Gasteiger partial charge in [0.25, 0.3) is 5.91 Å². The molecule has 0 aliphatic carbocycles. The van der Waals surface area contributed by atoms with Crippen molar-refractivity contribution in [1.82, 2.24) is 4.98 Å². The van der Waals surface area contributed by atoms with E-state index in [4.69, 9.17) is 5.14 Å². The molecule has 2 heterocycles. The molecule has 0 saturated heterocycles. The van der Waals surface area contributed by atoms with Crippen molar-refractivity contribution < 1.29 is 30.8 Å². The lowest BCUT2D eigenvalue weighted by Crippen LogP contribution is -2.34. The molecule has 0 fully saturated rings. The van der Waals surface area contributed by atoms with Gasteiger partial charge in [0.2, 0.25) is 15.7 Å². The highest BCUT2D eigenvalue weighted by atomic mass is 32.2. The summed E-state index contributed by atoms with van der Waals surface area (Å²) in [6.45, 7) is 0.968. The van der Waals surface area contributed by atoms with E-state index >= 15 is 4.39 Å². The first kappa shape index (κ1) is 23.1. The summed E-state index contributed by atoms with van der Waals surface area (Å²) in [7, 11) is -4.11. The number of benzene rings is 1. The number of aromatic nitrogens is 1. The Morgan fingerprint density at radius 1 is 1.16 bits per heavy atom.